The minimum atomic E-state index is -0.432. The molecule has 0 aliphatic carbocycles. The van der Waals surface area contributed by atoms with Crippen molar-refractivity contribution in [2.45, 2.75) is 19.9 Å². The number of rotatable bonds is 5. The summed E-state index contributed by atoms with van der Waals surface area (Å²) in [6, 6.07) is 20.5. The number of allylic oxidation sites excluding steroid dienone is 1. The quantitative estimate of drug-likeness (QED) is 0.422. The first kappa shape index (κ1) is 22.5. The predicted octanol–water partition coefficient (Wildman–Crippen LogP) is 4.79. The molecule has 0 bridgehead atoms. The number of amides is 1. The van der Waals surface area contributed by atoms with E-state index in [1.165, 1.54) is 0 Å². The van der Waals surface area contributed by atoms with Crippen molar-refractivity contribution >= 4 is 45.7 Å². The average Bonchev–Trinajstić information content (AvgIpc) is 2.82. The predicted molar refractivity (Wildman–Crippen MR) is 134 cm³/mol. The number of benzene rings is 3. The Bertz CT molecular complexity index is 1270. The third kappa shape index (κ3) is 4.59. The van der Waals surface area contributed by atoms with Gasteiger partial charge in [0.15, 0.2) is 5.11 Å². The Hall–Kier alpha value is -3.71. The molecule has 1 heterocycles. The zero-order chi connectivity index (χ0) is 23.5. The lowest BCUT2D eigenvalue weighted by Crippen LogP contribution is -2.46. The topological polar surface area (TPSA) is 70.7 Å². The molecule has 6 nitrogen and oxygen atoms in total. The van der Waals surface area contributed by atoms with E-state index < -0.39 is 6.04 Å². The smallest absolute Gasteiger partial charge is 0.338 e. The molecule has 168 valence electrons. The molecule has 0 saturated carbocycles. The summed E-state index contributed by atoms with van der Waals surface area (Å²) in [6.07, 6.45) is 0. The second-order valence-corrected chi connectivity index (χ2v) is 8.19. The molecular formula is C26H25N3O3S. The normalized spacial score (nSPS) is 15.9. The third-order valence-corrected chi connectivity index (χ3v) is 6.15. The van der Waals surface area contributed by atoms with Crippen molar-refractivity contribution in [2.75, 3.05) is 19.0 Å². The number of carbonyl (C=O) groups is 2. The Kier molecular flexibility index (Phi) is 6.42. The highest BCUT2D eigenvalue weighted by Gasteiger charge is 2.33. The Morgan fingerprint density at radius 2 is 1.76 bits per heavy atom. The number of carbonyl (C=O) groups excluding carboxylic acids is 2. The largest absolute Gasteiger partial charge is 0.463 e. The number of hydrogen-bond acceptors (Lipinski definition) is 4. The van der Waals surface area contributed by atoms with E-state index in [-0.39, 0.29) is 18.5 Å². The second-order valence-electron chi connectivity index (χ2n) is 7.80. The lowest BCUT2D eigenvalue weighted by molar-refractivity contribution is -0.139. The van der Waals surface area contributed by atoms with Gasteiger partial charge in [0.1, 0.15) is 0 Å². The van der Waals surface area contributed by atoms with Crippen LogP contribution in [0.25, 0.3) is 10.8 Å². The number of esters is 1. The molecule has 1 aliphatic heterocycles. The number of thiocarbonyl (C=S) groups is 1. The van der Waals surface area contributed by atoms with E-state index in [1.54, 1.807) is 11.8 Å². The maximum absolute atomic E-state index is 12.8. The Morgan fingerprint density at radius 1 is 1.06 bits per heavy atom. The lowest BCUT2D eigenvalue weighted by Gasteiger charge is -2.35. The van der Waals surface area contributed by atoms with Crippen molar-refractivity contribution in [1.82, 2.24) is 10.2 Å². The average molecular weight is 460 g/mol. The highest BCUT2D eigenvalue weighted by Crippen LogP contribution is 2.31. The number of nitrogens with zero attached hydrogens (tertiary/aromatic N) is 1. The Balaban J connectivity index is 1.56. The number of ether oxygens (including phenoxy) is 1. The van der Waals surface area contributed by atoms with Crippen molar-refractivity contribution < 1.29 is 14.3 Å². The molecule has 0 aromatic heterocycles. The minimum absolute atomic E-state index is 0.185. The first-order chi connectivity index (χ1) is 15.9. The molecule has 1 aliphatic rings. The molecule has 2 N–H and O–H groups in total. The summed E-state index contributed by atoms with van der Waals surface area (Å²) in [4.78, 5) is 27.2. The summed E-state index contributed by atoms with van der Waals surface area (Å²) >= 11 is 5.43. The van der Waals surface area contributed by atoms with Gasteiger partial charge in [0.05, 0.1) is 18.2 Å². The molecule has 0 fully saturated rings. The summed E-state index contributed by atoms with van der Waals surface area (Å²) in [5.74, 6) is -0.564. The van der Waals surface area contributed by atoms with Crippen molar-refractivity contribution in [1.29, 1.82) is 0 Å². The SMILES string of the molecule is CCOC(=O)C1=C(C)N(C)C(=S)NC1c1ccc(NC(=O)c2ccc3ccccc3c2)cc1. The van der Waals surface area contributed by atoms with Gasteiger partial charge in [0.25, 0.3) is 5.91 Å². The molecule has 4 rings (SSSR count). The number of fused-ring (bicyclic) bond motifs is 1. The van der Waals surface area contributed by atoms with Gasteiger partial charge >= 0.3 is 5.97 Å². The molecule has 33 heavy (non-hydrogen) atoms. The molecule has 3 aromatic carbocycles. The summed E-state index contributed by atoms with van der Waals surface area (Å²) in [6.45, 7) is 3.92. The van der Waals surface area contributed by atoms with Gasteiger partial charge in [-0.25, -0.2) is 4.79 Å². The summed E-state index contributed by atoms with van der Waals surface area (Å²) in [5, 5.41) is 8.78. The van der Waals surface area contributed by atoms with Gasteiger partial charge in [-0.05, 0) is 66.7 Å². The van der Waals surface area contributed by atoms with Crippen molar-refractivity contribution in [3.63, 3.8) is 0 Å². The standard InChI is InChI=1S/C26H25N3O3S/c1-4-32-25(31)22-16(2)29(3)26(33)28-23(22)18-11-13-21(14-12-18)27-24(30)20-10-9-17-7-5-6-8-19(17)15-20/h5-15,23H,4H2,1-3H3,(H,27,30)(H,28,33). The van der Waals surface area contributed by atoms with Crippen LogP contribution in [0, 0.1) is 0 Å². The number of anilines is 1. The molecule has 3 aromatic rings. The number of nitrogens with one attached hydrogen (secondary N) is 2. The van der Waals surface area contributed by atoms with Crippen LogP contribution in [0.3, 0.4) is 0 Å². The first-order valence-corrected chi connectivity index (χ1v) is 11.1. The van der Waals surface area contributed by atoms with E-state index in [4.69, 9.17) is 17.0 Å². The van der Waals surface area contributed by atoms with Crippen LogP contribution in [0.2, 0.25) is 0 Å². The van der Waals surface area contributed by atoms with Crippen LogP contribution in [0.1, 0.15) is 35.8 Å². The maximum Gasteiger partial charge on any atom is 0.338 e. The van der Waals surface area contributed by atoms with Gasteiger partial charge in [-0.15, -0.1) is 0 Å². The molecule has 0 saturated heterocycles. The van der Waals surface area contributed by atoms with Gasteiger partial charge in [-0.2, -0.15) is 0 Å². The van der Waals surface area contributed by atoms with Crippen molar-refractivity contribution in [2.24, 2.45) is 0 Å². The zero-order valence-corrected chi connectivity index (χ0v) is 19.5. The highest BCUT2D eigenvalue weighted by molar-refractivity contribution is 7.80. The lowest BCUT2D eigenvalue weighted by atomic mass is 9.95. The van der Waals surface area contributed by atoms with Crippen LogP contribution in [-0.2, 0) is 9.53 Å². The van der Waals surface area contributed by atoms with Gasteiger partial charge in [-0.3, -0.25) is 4.79 Å². The fourth-order valence-electron chi connectivity index (χ4n) is 3.85. The second kappa shape index (κ2) is 9.42. The molecule has 1 atom stereocenters. The van der Waals surface area contributed by atoms with Crippen molar-refractivity contribution in [3.8, 4) is 0 Å². The van der Waals surface area contributed by atoms with Crippen LogP contribution in [0.5, 0.6) is 0 Å². The van der Waals surface area contributed by atoms with E-state index in [0.717, 1.165) is 22.0 Å². The molecule has 1 unspecified atom stereocenters. The molecule has 7 heteroatoms. The van der Waals surface area contributed by atoms with Crippen LogP contribution in [0.15, 0.2) is 78.0 Å². The van der Waals surface area contributed by atoms with Gasteiger partial charge < -0.3 is 20.3 Å². The third-order valence-electron chi connectivity index (χ3n) is 5.76. The summed E-state index contributed by atoms with van der Waals surface area (Å²) in [5.41, 5.74) is 3.35. The summed E-state index contributed by atoms with van der Waals surface area (Å²) in [7, 11) is 1.81. The number of hydrogen-bond donors (Lipinski definition) is 2. The van der Waals surface area contributed by atoms with E-state index in [0.29, 0.717) is 21.9 Å². The highest BCUT2D eigenvalue weighted by atomic mass is 32.1. The fraction of sp³-hybridized carbons (Fsp3) is 0.192. The van der Waals surface area contributed by atoms with Crippen LogP contribution < -0.4 is 10.6 Å². The molecule has 1 amide bonds. The zero-order valence-electron chi connectivity index (χ0n) is 18.7. The molecule has 0 spiro atoms. The van der Waals surface area contributed by atoms with Gasteiger partial charge in [0.2, 0.25) is 0 Å². The van der Waals surface area contributed by atoms with E-state index in [2.05, 4.69) is 10.6 Å². The monoisotopic (exact) mass is 459 g/mol. The van der Waals surface area contributed by atoms with E-state index in [9.17, 15) is 9.59 Å². The maximum atomic E-state index is 12.8. The summed E-state index contributed by atoms with van der Waals surface area (Å²) < 4.78 is 5.28. The molecular weight excluding hydrogens is 434 g/mol. The van der Waals surface area contributed by atoms with Gasteiger partial charge in [-0.1, -0.05) is 42.5 Å². The van der Waals surface area contributed by atoms with Gasteiger partial charge in [0, 0.05) is 24.0 Å². The van der Waals surface area contributed by atoms with Crippen LogP contribution >= 0.6 is 12.2 Å². The van der Waals surface area contributed by atoms with Crippen LogP contribution in [0.4, 0.5) is 5.69 Å². The molecule has 0 radical (unpaired) electrons. The van der Waals surface area contributed by atoms with E-state index >= 15 is 0 Å². The van der Waals surface area contributed by atoms with E-state index in [1.807, 2.05) is 80.7 Å². The Morgan fingerprint density at radius 3 is 2.45 bits per heavy atom. The van der Waals surface area contributed by atoms with Crippen LogP contribution in [-0.4, -0.2) is 35.5 Å². The first-order valence-electron chi connectivity index (χ1n) is 10.7. The van der Waals surface area contributed by atoms with Crippen molar-refractivity contribution in [3.05, 3.63) is 89.1 Å². The Labute approximate surface area is 198 Å². The minimum Gasteiger partial charge on any atom is -0.463 e. The fourth-order valence-corrected chi connectivity index (χ4v) is 4.11.